The smallest absolute Gasteiger partial charge is 0.410 e. The van der Waals surface area contributed by atoms with E-state index in [9.17, 15) is 19.2 Å². The number of carbonyl (C=O) groups excluding carboxylic acids is 3. The van der Waals surface area contributed by atoms with Gasteiger partial charge in [-0.25, -0.2) is 14.4 Å². The normalized spacial score (nSPS) is 20.9. The maximum absolute atomic E-state index is 14.1. The van der Waals surface area contributed by atoms with E-state index in [-0.39, 0.29) is 30.1 Å². The first-order chi connectivity index (χ1) is 23.7. The molecule has 5 heterocycles. The van der Waals surface area contributed by atoms with Crippen LogP contribution in [0.1, 0.15) is 42.4 Å². The number of aromatic nitrogens is 2. The van der Waals surface area contributed by atoms with Crippen molar-refractivity contribution in [3.8, 4) is 0 Å². The van der Waals surface area contributed by atoms with Gasteiger partial charge >= 0.3 is 17.8 Å². The third kappa shape index (κ3) is 7.32. The quantitative estimate of drug-likeness (QED) is 0.366. The number of hydrogen-bond acceptors (Lipinski definition) is 7. The number of fused-ring (bicyclic) bond motifs is 2. The number of nitrogens with zero attached hydrogens (tertiary/aromatic N) is 5. The number of piperazine rings is 1. The molecule has 1 atom stereocenters. The van der Waals surface area contributed by atoms with Crippen molar-refractivity contribution in [2.45, 2.75) is 63.6 Å². The zero-order valence-electron chi connectivity index (χ0n) is 28.6. The van der Waals surface area contributed by atoms with Crippen LogP contribution < -0.4 is 11.0 Å². The molecule has 0 bridgehead atoms. The van der Waals surface area contributed by atoms with Crippen molar-refractivity contribution in [2.24, 2.45) is 0 Å². The van der Waals surface area contributed by atoms with Crippen LogP contribution in [-0.2, 0) is 22.4 Å². The predicted molar refractivity (Wildman–Crippen MR) is 187 cm³/mol. The fourth-order valence-corrected chi connectivity index (χ4v) is 8.07. The van der Waals surface area contributed by atoms with Gasteiger partial charge in [0.05, 0.1) is 11.0 Å². The van der Waals surface area contributed by atoms with Gasteiger partial charge in [-0.05, 0) is 88.0 Å². The number of hydrogen-bond donors (Lipinski definition) is 3. The number of ether oxygens (including phenoxy) is 1. The molecular weight excluding hydrogens is 624 g/mol. The van der Waals surface area contributed by atoms with E-state index in [4.69, 9.17) is 4.74 Å². The summed E-state index contributed by atoms with van der Waals surface area (Å²) in [5, 5.41) is 3.05. The lowest BCUT2D eigenvalue weighted by Crippen LogP contribution is -2.56. The van der Waals surface area contributed by atoms with Crippen LogP contribution in [0.25, 0.3) is 11.0 Å². The molecule has 4 amide bonds. The molecule has 13 heteroatoms. The third-order valence-corrected chi connectivity index (χ3v) is 11.0. The summed E-state index contributed by atoms with van der Waals surface area (Å²) >= 11 is 0. The second-order valence-electron chi connectivity index (χ2n) is 14.1. The van der Waals surface area contributed by atoms with Gasteiger partial charge in [-0.2, -0.15) is 0 Å². The van der Waals surface area contributed by atoms with Crippen LogP contribution in [0.15, 0.2) is 41.2 Å². The third-order valence-electron chi connectivity index (χ3n) is 11.0. The molecule has 0 radical (unpaired) electrons. The molecule has 262 valence electrons. The Morgan fingerprint density at radius 3 is 2.33 bits per heavy atom. The summed E-state index contributed by atoms with van der Waals surface area (Å²) < 4.78 is 6.09. The number of likely N-dealkylation sites (tertiary alicyclic amines) is 2. The van der Waals surface area contributed by atoms with Gasteiger partial charge in [-0.1, -0.05) is 24.3 Å². The van der Waals surface area contributed by atoms with Gasteiger partial charge in [-0.3, -0.25) is 9.69 Å². The lowest BCUT2D eigenvalue weighted by atomic mass is 10.0. The first-order valence-electron chi connectivity index (χ1n) is 17.8. The van der Waals surface area contributed by atoms with E-state index in [1.54, 1.807) is 4.90 Å². The number of nitrogens with one attached hydrogen (secondary N) is 3. The van der Waals surface area contributed by atoms with E-state index in [2.05, 4.69) is 32.1 Å². The summed E-state index contributed by atoms with van der Waals surface area (Å²) in [5.74, 6) is -0.188. The molecule has 3 saturated heterocycles. The second-order valence-corrected chi connectivity index (χ2v) is 14.1. The number of piperidine rings is 2. The molecule has 2 aromatic carbocycles. The fraction of sp³-hybridized carbons (Fsp3) is 0.556. The molecule has 3 aromatic rings. The van der Waals surface area contributed by atoms with Crippen LogP contribution in [-0.4, -0.2) is 137 Å². The molecule has 0 saturated carbocycles. The highest BCUT2D eigenvalue weighted by atomic mass is 16.6. The zero-order valence-corrected chi connectivity index (χ0v) is 28.6. The average Bonchev–Trinajstić information content (AvgIpc) is 3.40. The highest BCUT2D eigenvalue weighted by molar-refractivity contribution is 5.91. The second kappa shape index (κ2) is 14.2. The molecule has 49 heavy (non-hydrogen) atoms. The molecule has 1 aromatic heterocycles. The lowest BCUT2D eigenvalue weighted by Gasteiger charge is -2.42. The van der Waals surface area contributed by atoms with Crippen molar-refractivity contribution in [2.75, 3.05) is 71.3 Å². The number of anilines is 1. The number of aromatic amines is 2. The Labute approximate surface area is 286 Å². The molecule has 3 N–H and O–H groups in total. The van der Waals surface area contributed by atoms with Crippen molar-refractivity contribution in [3.05, 3.63) is 63.6 Å². The van der Waals surface area contributed by atoms with Gasteiger partial charge in [0.15, 0.2) is 6.10 Å². The number of H-pyrrole nitrogens is 2. The van der Waals surface area contributed by atoms with Crippen LogP contribution in [0, 0.1) is 6.92 Å². The topological polar surface area (TPSA) is 137 Å². The number of para-hydroxylation sites is 1. The Hall–Kier alpha value is -4.36. The maximum Gasteiger partial charge on any atom is 0.410 e. The summed E-state index contributed by atoms with van der Waals surface area (Å²) in [5.41, 5.74) is 4.75. The minimum atomic E-state index is -1.00. The first-order valence-corrected chi connectivity index (χ1v) is 17.8. The van der Waals surface area contributed by atoms with Crippen molar-refractivity contribution in [3.63, 3.8) is 0 Å². The number of amides is 4. The minimum Gasteiger partial charge on any atom is -0.436 e. The molecule has 3 fully saturated rings. The maximum atomic E-state index is 14.1. The lowest BCUT2D eigenvalue weighted by molar-refractivity contribution is -0.143. The number of aryl methyl sites for hydroxylation is 1. The van der Waals surface area contributed by atoms with E-state index in [1.165, 1.54) is 0 Å². The Morgan fingerprint density at radius 1 is 0.857 bits per heavy atom. The molecule has 4 aliphatic heterocycles. The average molecular weight is 673 g/mol. The van der Waals surface area contributed by atoms with Crippen molar-refractivity contribution < 1.29 is 19.1 Å². The van der Waals surface area contributed by atoms with E-state index in [1.807, 2.05) is 53.1 Å². The summed E-state index contributed by atoms with van der Waals surface area (Å²) in [4.78, 5) is 68.8. The molecule has 0 spiro atoms. The molecule has 7 rings (SSSR count). The Kier molecular flexibility index (Phi) is 9.64. The molecule has 4 aliphatic rings. The highest BCUT2D eigenvalue weighted by Gasteiger charge is 2.36. The summed E-state index contributed by atoms with van der Waals surface area (Å²) in [6.07, 6.45) is 3.00. The summed E-state index contributed by atoms with van der Waals surface area (Å²) in [7, 11) is 2.16. The molecule has 0 aliphatic carbocycles. The molecular formula is C36H48N8O5. The van der Waals surface area contributed by atoms with Gasteiger partial charge in [-0.15, -0.1) is 0 Å². The zero-order chi connectivity index (χ0) is 34.1. The van der Waals surface area contributed by atoms with Crippen LogP contribution in [0.3, 0.4) is 0 Å². The van der Waals surface area contributed by atoms with Crippen LogP contribution >= 0.6 is 0 Å². The molecule has 13 nitrogen and oxygen atoms in total. The minimum absolute atomic E-state index is 0.00913. The van der Waals surface area contributed by atoms with Gasteiger partial charge < -0.3 is 39.6 Å². The fourth-order valence-electron chi connectivity index (χ4n) is 8.07. The van der Waals surface area contributed by atoms with Gasteiger partial charge in [0.25, 0.3) is 5.91 Å². The van der Waals surface area contributed by atoms with Crippen LogP contribution in [0.2, 0.25) is 0 Å². The number of rotatable bonds is 6. The van der Waals surface area contributed by atoms with Crippen molar-refractivity contribution in [1.29, 1.82) is 0 Å². The van der Waals surface area contributed by atoms with Gasteiger partial charge in [0.2, 0.25) is 0 Å². The van der Waals surface area contributed by atoms with Crippen LogP contribution in [0.5, 0.6) is 0 Å². The monoisotopic (exact) mass is 672 g/mol. The highest BCUT2D eigenvalue weighted by Crippen LogP contribution is 2.26. The number of urea groups is 1. The van der Waals surface area contributed by atoms with E-state index < -0.39 is 12.2 Å². The van der Waals surface area contributed by atoms with Crippen LogP contribution in [0.4, 0.5) is 15.3 Å². The van der Waals surface area contributed by atoms with Crippen molar-refractivity contribution in [1.82, 2.24) is 34.5 Å². The largest absolute Gasteiger partial charge is 0.436 e. The van der Waals surface area contributed by atoms with E-state index in [0.29, 0.717) is 57.1 Å². The first kappa shape index (κ1) is 33.2. The standard InChI is InChI=1S/C36H48N8O5/c1-24-21-25(22-30-32(24)39-34(46)37-30)23-31(33(45)42-19-17-41(18-20-42)27-8-12-40(2)13-9-27)49-36(48)43-14-10-28(11-15-43)44-16-7-26-5-3-4-6-29(26)38-35(44)47/h3-6,21-22,27-28,31H,7-20,23H2,1-2H3,(H,38,47)(H2,37,39,46)/t31-/m1/s1. The molecule has 0 unspecified atom stereocenters. The number of carbonyl (C=O) groups is 3. The number of imidazole rings is 1. The predicted octanol–water partition coefficient (Wildman–Crippen LogP) is 3.01. The summed E-state index contributed by atoms with van der Waals surface area (Å²) in [6, 6.07) is 12.1. The van der Waals surface area contributed by atoms with Gasteiger partial charge in [0.1, 0.15) is 0 Å². The van der Waals surface area contributed by atoms with Crippen molar-refractivity contribution >= 4 is 34.8 Å². The Balaban J connectivity index is 1.01. The van der Waals surface area contributed by atoms with Gasteiger partial charge in [0, 0.05) is 70.0 Å². The SMILES string of the molecule is Cc1cc(C[C@@H](OC(=O)N2CCC(N3CCc4ccccc4NC3=O)CC2)C(=O)N2CCN(C3CCN(C)CC3)CC2)cc2[nH]c(=O)[nH]c12. The van der Waals surface area contributed by atoms with E-state index in [0.717, 1.165) is 73.3 Å². The Morgan fingerprint density at radius 2 is 1.57 bits per heavy atom. The van der Waals surface area contributed by atoms with E-state index >= 15 is 0 Å². The number of benzene rings is 2. The summed E-state index contributed by atoms with van der Waals surface area (Å²) in [6.45, 7) is 8.38. The Bertz CT molecular complexity index is 1730.